The van der Waals surface area contributed by atoms with Crippen molar-refractivity contribution < 1.29 is 9.90 Å². The van der Waals surface area contributed by atoms with E-state index in [1.807, 2.05) is 0 Å². The van der Waals surface area contributed by atoms with Gasteiger partial charge >= 0.3 is 5.97 Å². The molecule has 0 heterocycles. The molecule has 0 amide bonds. The Balaban J connectivity index is 2.49. The fourth-order valence-electron chi connectivity index (χ4n) is 0.750. The summed E-state index contributed by atoms with van der Waals surface area (Å²) in [5.41, 5.74) is 0. The third-order valence-electron chi connectivity index (χ3n) is 1.26. The standard InChI is InChI=1S/C7H7O2/c1-5-3-2-4-6(5)7(8)9/h2-4H,1H3,(H,8,9). The van der Waals surface area contributed by atoms with Gasteiger partial charge in [-0.1, -0.05) is 6.92 Å². The minimum atomic E-state index is -0.850. The molecule has 1 N–H and O–H groups in total. The van der Waals surface area contributed by atoms with E-state index >= 15 is 0 Å². The van der Waals surface area contributed by atoms with Crippen LogP contribution >= 0.6 is 0 Å². The molecule has 0 aromatic heterocycles. The first-order valence-corrected chi connectivity index (χ1v) is 2.67. The Morgan fingerprint density at radius 1 is 1.56 bits per heavy atom. The van der Waals surface area contributed by atoms with Crippen LogP contribution in [0.4, 0.5) is 0 Å². The molecule has 1 aliphatic rings. The molecule has 9 heavy (non-hydrogen) atoms. The van der Waals surface area contributed by atoms with Crippen molar-refractivity contribution in [3.63, 3.8) is 0 Å². The molecule has 1 saturated carbocycles. The van der Waals surface area contributed by atoms with E-state index in [2.05, 4.69) is 0 Å². The molecule has 47 valence electrons. The lowest BCUT2D eigenvalue weighted by Gasteiger charge is -2.05. The van der Waals surface area contributed by atoms with Crippen LogP contribution in [0, 0.1) is 31.1 Å². The molecule has 1 fully saturated rings. The summed E-state index contributed by atoms with van der Waals surface area (Å²) >= 11 is 0. The lowest BCUT2D eigenvalue weighted by Crippen LogP contribution is -2.12. The van der Waals surface area contributed by atoms with Gasteiger partial charge in [0.2, 0.25) is 0 Å². The van der Waals surface area contributed by atoms with Crippen LogP contribution in [0.25, 0.3) is 0 Å². The topological polar surface area (TPSA) is 37.3 Å². The van der Waals surface area contributed by atoms with Crippen molar-refractivity contribution in [2.45, 2.75) is 6.92 Å². The van der Waals surface area contributed by atoms with Crippen LogP contribution in [0.15, 0.2) is 0 Å². The van der Waals surface area contributed by atoms with Gasteiger partial charge in [0.1, 0.15) is 0 Å². The Hall–Kier alpha value is -0.530. The van der Waals surface area contributed by atoms with Crippen molar-refractivity contribution in [1.29, 1.82) is 0 Å². The van der Waals surface area contributed by atoms with Crippen LogP contribution < -0.4 is 0 Å². The Kier molecular flexibility index (Phi) is 1.74. The highest BCUT2D eigenvalue weighted by atomic mass is 16.4. The molecule has 0 spiro atoms. The molecule has 1 rings (SSSR count). The van der Waals surface area contributed by atoms with Crippen LogP contribution in [0.2, 0.25) is 0 Å². The molecule has 2 heteroatoms. The van der Waals surface area contributed by atoms with Crippen molar-refractivity contribution in [3.8, 4) is 0 Å². The van der Waals surface area contributed by atoms with Crippen LogP contribution in [0.3, 0.4) is 0 Å². The lowest BCUT2D eigenvalue weighted by atomic mass is 9.99. The fourth-order valence-corrected chi connectivity index (χ4v) is 0.750. The number of hydrogen-bond donors (Lipinski definition) is 1. The Labute approximate surface area is 54.9 Å². The number of carboxylic acid groups (broad SMARTS) is 1. The van der Waals surface area contributed by atoms with Crippen LogP contribution in [0.1, 0.15) is 6.92 Å². The summed E-state index contributed by atoms with van der Waals surface area (Å²) in [7, 11) is 0. The quantitative estimate of drug-likeness (QED) is 0.561. The molecule has 2 nitrogen and oxygen atoms in total. The summed E-state index contributed by atoms with van der Waals surface area (Å²) in [4.78, 5) is 10.3. The molecule has 0 aromatic carbocycles. The van der Waals surface area contributed by atoms with Gasteiger partial charge in [-0.25, -0.2) is 0 Å². The van der Waals surface area contributed by atoms with E-state index in [1.165, 1.54) is 0 Å². The third-order valence-corrected chi connectivity index (χ3v) is 1.26. The van der Waals surface area contributed by atoms with Crippen molar-refractivity contribution in [3.05, 3.63) is 31.1 Å². The van der Waals surface area contributed by atoms with Gasteiger partial charge in [-0.3, -0.25) is 4.79 Å². The molecular weight excluding hydrogens is 116 g/mol. The average molecular weight is 123 g/mol. The van der Waals surface area contributed by atoms with Crippen molar-refractivity contribution in [2.75, 3.05) is 0 Å². The third kappa shape index (κ3) is 1.23. The van der Waals surface area contributed by atoms with Gasteiger partial charge in [-0.05, 0) is 25.2 Å². The van der Waals surface area contributed by atoms with Crippen LogP contribution in [-0.2, 0) is 4.79 Å². The van der Waals surface area contributed by atoms with E-state index < -0.39 is 5.97 Å². The largest absolute Gasteiger partial charge is 0.481 e. The Morgan fingerprint density at radius 2 is 2.22 bits per heavy atom. The van der Waals surface area contributed by atoms with Gasteiger partial charge in [-0.2, -0.15) is 0 Å². The smallest absolute Gasteiger partial charge is 0.311 e. The van der Waals surface area contributed by atoms with Gasteiger partial charge in [0, 0.05) is 0 Å². The summed E-state index contributed by atoms with van der Waals surface area (Å²) in [5.74, 6) is 0.370. The molecule has 0 saturated heterocycles. The number of rotatable bonds is 1. The summed E-state index contributed by atoms with van der Waals surface area (Å²) in [6.07, 6.45) is 5.11. The second-order valence-corrected chi connectivity index (χ2v) is 1.93. The summed E-state index contributed by atoms with van der Waals surface area (Å²) < 4.78 is 0. The maximum atomic E-state index is 10.3. The van der Waals surface area contributed by atoms with Crippen molar-refractivity contribution in [1.82, 2.24) is 0 Å². The van der Waals surface area contributed by atoms with Gasteiger partial charge in [0.15, 0.2) is 0 Å². The maximum absolute atomic E-state index is 10.3. The predicted octanol–water partition coefficient (Wildman–Crippen LogP) is 0.866. The van der Waals surface area contributed by atoms with Gasteiger partial charge < -0.3 is 5.11 Å². The summed E-state index contributed by atoms with van der Waals surface area (Å²) in [6.45, 7) is 1.78. The first-order valence-electron chi connectivity index (χ1n) is 2.67. The first kappa shape index (κ1) is 6.59. The second kappa shape index (κ2) is 2.38. The number of carbonyl (C=O) groups is 1. The maximum Gasteiger partial charge on any atom is 0.311 e. The Morgan fingerprint density at radius 3 is 2.44 bits per heavy atom. The molecular formula is C7H7O2. The highest BCUT2D eigenvalue weighted by Gasteiger charge is 2.31. The normalized spacial score (nSPS) is 22.8. The van der Waals surface area contributed by atoms with E-state index in [9.17, 15) is 4.79 Å². The monoisotopic (exact) mass is 123 g/mol. The minimum Gasteiger partial charge on any atom is -0.481 e. The van der Waals surface area contributed by atoms with E-state index in [0.29, 0.717) is 5.92 Å². The highest BCUT2D eigenvalue weighted by Crippen LogP contribution is 2.32. The zero-order valence-electron chi connectivity index (χ0n) is 5.09. The zero-order chi connectivity index (χ0) is 6.85. The van der Waals surface area contributed by atoms with Gasteiger partial charge in [-0.15, -0.1) is 0 Å². The number of hydrogen-bond acceptors (Lipinski definition) is 1. The van der Waals surface area contributed by atoms with Crippen LogP contribution in [0.5, 0.6) is 0 Å². The molecule has 0 unspecified atom stereocenters. The van der Waals surface area contributed by atoms with E-state index in [4.69, 9.17) is 5.11 Å². The number of carboxylic acids is 1. The first-order chi connectivity index (χ1) is 4.22. The molecule has 0 aliphatic heterocycles. The van der Waals surface area contributed by atoms with E-state index in [1.54, 1.807) is 26.2 Å². The zero-order valence-corrected chi connectivity index (χ0v) is 5.09. The van der Waals surface area contributed by atoms with E-state index in [0.717, 1.165) is 5.92 Å². The molecule has 5 radical (unpaired) electrons. The van der Waals surface area contributed by atoms with Gasteiger partial charge in [0.05, 0.1) is 5.92 Å². The summed E-state index contributed by atoms with van der Waals surface area (Å²) in [6, 6.07) is 0. The van der Waals surface area contributed by atoms with Crippen molar-refractivity contribution >= 4 is 5.97 Å². The van der Waals surface area contributed by atoms with Crippen LogP contribution in [-0.4, -0.2) is 11.1 Å². The fraction of sp³-hybridized carbons (Fsp3) is 0.143. The molecule has 1 aliphatic carbocycles. The SMILES string of the molecule is C[C]1[CH][CH][CH][C]1C(=O)O. The minimum absolute atomic E-state index is 0.398. The molecule has 0 aromatic rings. The molecule has 0 bridgehead atoms. The predicted molar refractivity (Wildman–Crippen MR) is 32.7 cm³/mol. The Bertz CT molecular complexity index is 120. The van der Waals surface area contributed by atoms with Crippen molar-refractivity contribution in [2.24, 2.45) is 0 Å². The summed E-state index contributed by atoms with van der Waals surface area (Å²) in [5, 5.41) is 8.45. The highest BCUT2D eigenvalue weighted by molar-refractivity contribution is 5.91. The lowest BCUT2D eigenvalue weighted by molar-refractivity contribution is -0.134. The van der Waals surface area contributed by atoms with E-state index in [-0.39, 0.29) is 0 Å². The second-order valence-electron chi connectivity index (χ2n) is 1.93. The van der Waals surface area contributed by atoms with Gasteiger partial charge in [0.25, 0.3) is 0 Å². The molecule has 0 atom stereocenters. The average Bonchev–Trinajstić information content (AvgIpc) is 2.13. The number of aliphatic carboxylic acids is 1.